The van der Waals surface area contributed by atoms with Gasteiger partial charge in [0.1, 0.15) is 24.5 Å². The van der Waals surface area contributed by atoms with Gasteiger partial charge in [-0.15, -0.1) is 0 Å². The van der Waals surface area contributed by atoms with Crippen molar-refractivity contribution < 1.29 is 14.3 Å². The minimum Gasteiger partial charge on any atom is -0.491 e. The van der Waals surface area contributed by atoms with Crippen molar-refractivity contribution in [3.8, 4) is 11.8 Å². The van der Waals surface area contributed by atoms with Crippen LogP contribution >= 0.6 is 0 Å². The molecule has 0 spiro atoms. The molecule has 1 atom stereocenters. The Labute approximate surface area is 204 Å². The first-order chi connectivity index (χ1) is 17.2. The third-order valence-corrected chi connectivity index (χ3v) is 6.66. The van der Waals surface area contributed by atoms with Crippen molar-refractivity contribution in [2.24, 2.45) is 0 Å². The predicted octanol–water partition coefficient (Wildman–Crippen LogP) is 3.36. The number of anilines is 1. The second-order valence-electron chi connectivity index (χ2n) is 8.87. The number of hydrogen-bond donors (Lipinski definition) is 0. The molecule has 0 bridgehead atoms. The predicted molar refractivity (Wildman–Crippen MR) is 128 cm³/mol. The highest BCUT2D eigenvalue weighted by Gasteiger charge is 2.29. The van der Waals surface area contributed by atoms with Crippen LogP contribution in [0.3, 0.4) is 0 Å². The maximum absolute atomic E-state index is 12.6. The topological polar surface area (TPSA) is 109 Å². The van der Waals surface area contributed by atoms with Gasteiger partial charge in [0.25, 0.3) is 5.78 Å². The first-order valence-electron chi connectivity index (χ1n) is 12.2. The molecule has 10 nitrogen and oxygen atoms in total. The van der Waals surface area contributed by atoms with E-state index >= 15 is 0 Å². The summed E-state index contributed by atoms with van der Waals surface area (Å²) in [5.74, 6) is 2.38. The van der Waals surface area contributed by atoms with Gasteiger partial charge in [-0.05, 0) is 49.8 Å². The number of rotatable bonds is 8. The molecule has 0 N–H and O–H groups in total. The molecule has 0 unspecified atom stereocenters. The summed E-state index contributed by atoms with van der Waals surface area (Å²) in [6.45, 7) is 2.90. The van der Waals surface area contributed by atoms with Gasteiger partial charge in [0.15, 0.2) is 0 Å². The Morgan fingerprint density at radius 1 is 1.20 bits per heavy atom. The van der Waals surface area contributed by atoms with Gasteiger partial charge in [0.2, 0.25) is 0 Å². The molecule has 2 aliphatic rings. The summed E-state index contributed by atoms with van der Waals surface area (Å²) in [5, 5.41) is 13.0. The monoisotopic (exact) mass is 475 g/mol. The van der Waals surface area contributed by atoms with E-state index in [1.165, 1.54) is 11.9 Å². The lowest BCUT2D eigenvalue weighted by atomic mass is 9.99. The molecule has 3 aromatic rings. The van der Waals surface area contributed by atoms with Crippen molar-refractivity contribution in [2.45, 2.75) is 51.1 Å². The number of nitriles is 1. The van der Waals surface area contributed by atoms with Crippen molar-refractivity contribution in [1.82, 2.24) is 24.5 Å². The Bertz CT molecular complexity index is 1220. The van der Waals surface area contributed by atoms with Gasteiger partial charge in [-0.1, -0.05) is 12.1 Å². The molecule has 1 fully saturated rings. The Morgan fingerprint density at radius 3 is 3.06 bits per heavy atom. The molecular formula is C25H29N7O3. The number of unbranched alkanes of at least 4 members (excludes halogenated alkanes) is 2. The van der Waals surface area contributed by atoms with Crippen molar-refractivity contribution >= 4 is 17.7 Å². The molecule has 5 rings (SSSR count). The summed E-state index contributed by atoms with van der Waals surface area (Å²) < 4.78 is 13.6. The zero-order valence-corrected chi connectivity index (χ0v) is 19.7. The first kappa shape index (κ1) is 22.9. The number of fused-ring (bicyclic) bond motifs is 2. The third-order valence-electron chi connectivity index (χ3n) is 6.66. The van der Waals surface area contributed by atoms with Crippen LogP contribution in [-0.2, 0) is 17.7 Å². The molecule has 35 heavy (non-hydrogen) atoms. The minimum atomic E-state index is -0.307. The van der Waals surface area contributed by atoms with Gasteiger partial charge in [0, 0.05) is 31.3 Å². The summed E-state index contributed by atoms with van der Waals surface area (Å²) >= 11 is 0. The fraction of sp³-hybridized carbons (Fsp3) is 0.480. The van der Waals surface area contributed by atoms with Gasteiger partial charge < -0.3 is 19.3 Å². The zero-order chi connectivity index (χ0) is 24.0. The van der Waals surface area contributed by atoms with E-state index < -0.39 is 0 Å². The lowest BCUT2D eigenvalue weighted by Crippen LogP contribution is -2.37. The molecule has 1 aromatic carbocycles. The molecule has 0 radical (unpaired) electrons. The van der Waals surface area contributed by atoms with E-state index in [0.29, 0.717) is 44.9 Å². The van der Waals surface area contributed by atoms with Gasteiger partial charge in [-0.2, -0.15) is 19.9 Å². The normalized spacial score (nSPS) is 17.3. The zero-order valence-electron chi connectivity index (χ0n) is 19.7. The second kappa shape index (κ2) is 10.6. The van der Waals surface area contributed by atoms with E-state index in [2.05, 4.69) is 32.1 Å². The maximum atomic E-state index is 12.6. The van der Waals surface area contributed by atoms with Gasteiger partial charge in [0.05, 0.1) is 25.3 Å². The highest BCUT2D eigenvalue weighted by Crippen LogP contribution is 2.31. The standard InChI is InChI=1S/C25H29N7O3/c26-11-2-1-3-15-34-25(33)30-14-10-19-6-4-8-22(21(19)16-30)35-17-20-7-5-13-31(20)23-9-12-27-24-28-18-29-32(23)24/h4,6,8-9,12,18,20H,1-3,5,7,10,13-17H2/t20-/m1/s1. The summed E-state index contributed by atoms with van der Waals surface area (Å²) in [7, 11) is 0. The highest BCUT2D eigenvalue weighted by atomic mass is 16.6. The van der Waals surface area contributed by atoms with Crippen LogP contribution in [0.1, 0.15) is 43.2 Å². The molecule has 182 valence electrons. The fourth-order valence-corrected chi connectivity index (χ4v) is 4.84. The second-order valence-corrected chi connectivity index (χ2v) is 8.87. The van der Waals surface area contributed by atoms with Crippen LogP contribution in [0.15, 0.2) is 36.8 Å². The smallest absolute Gasteiger partial charge is 0.410 e. The molecule has 2 aromatic heterocycles. The Balaban J connectivity index is 1.23. The number of carbonyl (C=O) groups is 1. The highest BCUT2D eigenvalue weighted by molar-refractivity contribution is 5.68. The molecule has 1 saturated heterocycles. The molecule has 4 heterocycles. The van der Waals surface area contributed by atoms with E-state index in [9.17, 15) is 4.79 Å². The molecule has 0 aliphatic carbocycles. The van der Waals surface area contributed by atoms with Gasteiger partial charge in [-0.3, -0.25) is 0 Å². The van der Waals surface area contributed by atoms with E-state index in [0.717, 1.165) is 49.4 Å². The Hall–Kier alpha value is -3.87. The molecular weight excluding hydrogens is 446 g/mol. The van der Waals surface area contributed by atoms with Crippen LogP contribution < -0.4 is 9.64 Å². The third kappa shape index (κ3) is 4.99. The molecule has 1 amide bonds. The molecule has 10 heteroatoms. The molecule has 2 aliphatic heterocycles. The maximum Gasteiger partial charge on any atom is 0.410 e. The number of carbonyl (C=O) groups excluding carboxylic acids is 1. The Morgan fingerprint density at radius 2 is 2.14 bits per heavy atom. The lowest BCUT2D eigenvalue weighted by Gasteiger charge is -2.30. The summed E-state index contributed by atoms with van der Waals surface area (Å²) in [5.41, 5.74) is 2.26. The first-order valence-corrected chi connectivity index (χ1v) is 12.2. The summed E-state index contributed by atoms with van der Waals surface area (Å²) in [6.07, 6.45) is 7.78. The van der Waals surface area contributed by atoms with E-state index in [-0.39, 0.29) is 12.1 Å². The largest absolute Gasteiger partial charge is 0.491 e. The van der Waals surface area contributed by atoms with Gasteiger partial charge >= 0.3 is 6.09 Å². The van der Waals surface area contributed by atoms with Crippen molar-refractivity contribution in [1.29, 1.82) is 5.26 Å². The number of hydrogen-bond acceptors (Lipinski definition) is 8. The van der Waals surface area contributed by atoms with E-state index in [4.69, 9.17) is 14.7 Å². The van der Waals surface area contributed by atoms with Crippen molar-refractivity contribution in [3.63, 3.8) is 0 Å². The summed E-state index contributed by atoms with van der Waals surface area (Å²) in [4.78, 5) is 25.1. The minimum absolute atomic E-state index is 0.207. The number of ether oxygens (including phenoxy) is 2. The number of benzene rings is 1. The van der Waals surface area contributed by atoms with Crippen LogP contribution in [0.4, 0.5) is 10.6 Å². The summed E-state index contributed by atoms with van der Waals surface area (Å²) in [6, 6.07) is 10.4. The van der Waals surface area contributed by atoms with Crippen LogP contribution in [-0.4, -0.2) is 62.9 Å². The van der Waals surface area contributed by atoms with Crippen LogP contribution in [0, 0.1) is 11.3 Å². The van der Waals surface area contributed by atoms with Crippen LogP contribution in [0.2, 0.25) is 0 Å². The lowest BCUT2D eigenvalue weighted by molar-refractivity contribution is 0.0958. The van der Waals surface area contributed by atoms with Crippen LogP contribution in [0.25, 0.3) is 5.78 Å². The Kier molecular flexibility index (Phi) is 6.93. The average molecular weight is 476 g/mol. The van der Waals surface area contributed by atoms with Crippen LogP contribution in [0.5, 0.6) is 5.75 Å². The van der Waals surface area contributed by atoms with Crippen molar-refractivity contribution in [3.05, 3.63) is 47.9 Å². The number of nitrogens with zero attached hydrogens (tertiary/aromatic N) is 7. The number of amides is 1. The van der Waals surface area contributed by atoms with E-state index in [1.54, 1.807) is 15.6 Å². The van der Waals surface area contributed by atoms with Crippen molar-refractivity contribution in [2.75, 3.05) is 31.2 Å². The number of aromatic nitrogens is 4. The average Bonchev–Trinajstić information content (AvgIpc) is 3.56. The van der Waals surface area contributed by atoms with Gasteiger partial charge in [-0.25, -0.2) is 9.78 Å². The van der Waals surface area contributed by atoms with E-state index in [1.807, 2.05) is 18.2 Å². The molecule has 0 saturated carbocycles. The fourth-order valence-electron chi connectivity index (χ4n) is 4.84. The quantitative estimate of drug-likeness (QED) is 0.456. The SMILES string of the molecule is N#CCCCCOC(=O)N1CCc2cccc(OC[C@H]3CCCN3c3ccnc4ncnn34)c2C1.